The van der Waals surface area contributed by atoms with Crippen LogP contribution in [0.3, 0.4) is 0 Å². The summed E-state index contributed by atoms with van der Waals surface area (Å²) in [4.78, 5) is 0. The summed E-state index contributed by atoms with van der Waals surface area (Å²) in [6.45, 7) is 4.34. The molecule has 0 bridgehead atoms. The van der Waals surface area contributed by atoms with Crippen molar-refractivity contribution in [2.45, 2.75) is 51.5 Å². The lowest BCUT2D eigenvalue weighted by Gasteiger charge is -2.23. The van der Waals surface area contributed by atoms with E-state index in [4.69, 9.17) is 15.3 Å². The van der Waals surface area contributed by atoms with Crippen molar-refractivity contribution in [1.29, 1.82) is 0 Å². The lowest BCUT2D eigenvalue weighted by atomic mass is 10.1. The molecule has 0 saturated heterocycles. The van der Waals surface area contributed by atoms with Crippen molar-refractivity contribution in [1.82, 2.24) is 15.2 Å². The summed E-state index contributed by atoms with van der Waals surface area (Å²) >= 11 is 0. The Morgan fingerprint density at radius 2 is 1.95 bits per heavy atom. The van der Waals surface area contributed by atoms with Crippen LogP contribution in [0.15, 0.2) is 12.3 Å². The molecule has 0 spiro atoms. The van der Waals surface area contributed by atoms with Gasteiger partial charge in [0.15, 0.2) is 6.29 Å². The van der Waals surface area contributed by atoms with Crippen molar-refractivity contribution < 1.29 is 9.47 Å². The standard InChI is InChI=1S/C13H26N4O2/c1-5-11(6-2)17-8-7-10(16-17)9-12(15-14)13(18-3)19-4/h7-8,11-13,15H,5-6,9,14H2,1-4H3. The van der Waals surface area contributed by atoms with Gasteiger partial charge in [-0.05, 0) is 18.9 Å². The highest BCUT2D eigenvalue weighted by atomic mass is 16.7. The number of hydrogen-bond donors (Lipinski definition) is 2. The van der Waals surface area contributed by atoms with E-state index in [0.717, 1.165) is 18.5 Å². The van der Waals surface area contributed by atoms with Crippen LogP contribution in [-0.2, 0) is 15.9 Å². The van der Waals surface area contributed by atoms with Gasteiger partial charge in [0.1, 0.15) is 0 Å². The van der Waals surface area contributed by atoms with E-state index in [2.05, 4.69) is 24.4 Å². The molecule has 6 heteroatoms. The molecule has 0 radical (unpaired) electrons. The lowest BCUT2D eigenvalue weighted by Crippen LogP contribution is -2.47. The highest BCUT2D eigenvalue weighted by Crippen LogP contribution is 2.15. The van der Waals surface area contributed by atoms with Crippen molar-refractivity contribution in [2.24, 2.45) is 5.84 Å². The maximum absolute atomic E-state index is 5.55. The molecule has 1 aromatic rings. The Kier molecular flexibility index (Phi) is 7.01. The van der Waals surface area contributed by atoms with Crippen molar-refractivity contribution >= 4 is 0 Å². The third-order valence-electron chi connectivity index (χ3n) is 3.42. The van der Waals surface area contributed by atoms with Crippen LogP contribution in [0.4, 0.5) is 0 Å². The maximum Gasteiger partial charge on any atom is 0.173 e. The molecule has 0 amide bonds. The van der Waals surface area contributed by atoms with Gasteiger partial charge < -0.3 is 9.47 Å². The van der Waals surface area contributed by atoms with Gasteiger partial charge in [0.05, 0.1) is 17.8 Å². The second kappa shape index (κ2) is 8.27. The van der Waals surface area contributed by atoms with Gasteiger partial charge in [-0.3, -0.25) is 16.0 Å². The zero-order chi connectivity index (χ0) is 14.3. The van der Waals surface area contributed by atoms with Crippen LogP contribution in [0.5, 0.6) is 0 Å². The monoisotopic (exact) mass is 270 g/mol. The van der Waals surface area contributed by atoms with Gasteiger partial charge in [0.25, 0.3) is 0 Å². The second-order valence-electron chi connectivity index (χ2n) is 4.57. The topological polar surface area (TPSA) is 74.3 Å². The van der Waals surface area contributed by atoms with Crippen molar-refractivity contribution in [3.63, 3.8) is 0 Å². The molecule has 1 atom stereocenters. The number of hydrazine groups is 1. The maximum atomic E-state index is 5.55. The smallest absolute Gasteiger partial charge is 0.173 e. The third kappa shape index (κ3) is 4.28. The van der Waals surface area contributed by atoms with E-state index in [1.165, 1.54) is 0 Å². The Bertz CT molecular complexity index is 348. The van der Waals surface area contributed by atoms with Crippen LogP contribution in [0.25, 0.3) is 0 Å². The SMILES string of the molecule is CCC(CC)n1ccc(CC(NN)C(OC)OC)n1. The first-order valence-electron chi connectivity index (χ1n) is 6.75. The molecule has 1 aromatic heterocycles. The molecule has 1 heterocycles. The first-order valence-corrected chi connectivity index (χ1v) is 6.75. The molecular formula is C13H26N4O2. The van der Waals surface area contributed by atoms with Crippen LogP contribution in [0.1, 0.15) is 38.4 Å². The van der Waals surface area contributed by atoms with Gasteiger partial charge in [-0.1, -0.05) is 13.8 Å². The van der Waals surface area contributed by atoms with E-state index in [1.54, 1.807) is 14.2 Å². The van der Waals surface area contributed by atoms with Crippen LogP contribution in [0, 0.1) is 0 Å². The predicted octanol–water partition coefficient (Wildman–Crippen LogP) is 1.24. The minimum absolute atomic E-state index is 0.125. The Balaban J connectivity index is 2.70. The molecule has 6 nitrogen and oxygen atoms in total. The van der Waals surface area contributed by atoms with Gasteiger partial charge in [-0.2, -0.15) is 5.10 Å². The molecule has 0 fully saturated rings. The van der Waals surface area contributed by atoms with Crippen LogP contribution in [-0.4, -0.2) is 36.3 Å². The van der Waals surface area contributed by atoms with E-state index >= 15 is 0 Å². The minimum Gasteiger partial charge on any atom is -0.354 e. The highest BCUT2D eigenvalue weighted by Gasteiger charge is 2.21. The van der Waals surface area contributed by atoms with E-state index < -0.39 is 0 Å². The summed E-state index contributed by atoms with van der Waals surface area (Å²) in [7, 11) is 3.20. The normalized spacial score (nSPS) is 13.4. The molecule has 19 heavy (non-hydrogen) atoms. The summed E-state index contributed by atoms with van der Waals surface area (Å²) in [6.07, 6.45) is 4.46. The summed E-state index contributed by atoms with van der Waals surface area (Å²) < 4.78 is 12.5. The quantitative estimate of drug-likeness (QED) is 0.401. The number of nitrogens with one attached hydrogen (secondary N) is 1. The number of nitrogens with zero attached hydrogens (tertiary/aromatic N) is 2. The van der Waals surface area contributed by atoms with Crippen LogP contribution < -0.4 is 11.3 Å². The molecule has 0 aliphatic heterocycles. The average molecular weight is 270 g/mol. The van der Waals surface area contributed by atoms with Gasteiger partial charge in [-0.15, -0.1) is 0 Å². The zero-order valence-corrected chi connectivity index (χ0v) is 12.3. The van der Waals surface area contributed by atoms with Gasteiger partial charge in [-0.25, -0.2) is 0 Å². The summed E-state index contributed by atoms with van der Waals surface area (Å²) in [6, 6.07) is 2.35. The largest absolute Gasteiger partial charge is 0.354 e. The van der Waals surface area contributed by atoms with Gasteiger partial charge in [0.2, 0.25) is 0 Å². The Labute approximate surface area is 115 Å². The summed E-state index contributed by atoms with van der Waals surface area (Å²) in [5.74, 6) is 5.55. The van der Waals surface area contributed by atoms with Gasteiger partial charge in [0, 0.05) is 26.8 Å². The molecule has 3 N–H and O–H groups in total. The molecule has 0 saturated carbocycles. The predicted molar refractivity (Wildman–Crippen MR) is 74.5 cm³/mol. The van der Waals surface area contributed by atoms with Crippen molar-refractivity contribution in [3.05, 3.63) is 18.0 Å². The fraction of sp³-hybridized carbons (Fsp3) is 0.769. The zero-order valence-electron chi connectivity index (χ0n) is 12.3. The number of ether oxygens (including phenoxy) is 2. The number of methoxy groups -OCH3 is 2. The third-order valence-corrected chi connectivity index (χ3v) is 3.42. The van der Waals surface area contributed by atoms with E-state index in [9.17, 15) is 0 Å². The van der Waals surface area contributed by atoms with Crippen molar-refractivity contribution in [2.75, 3.05) is 14.2 Å². The molecule has 110 valence electrons. The number of nitrogens with two attached hydrogens (primary N) is 1. The first-order chi connectivity index (χ1) is 9.19. The highest BCUT2D eigenvalue weighted by molar-refractivity contribution is 5.02. The average Bonchev–Trinajstić information content (AvgIpc) is 2.89. The molecule has 1 unspecified atom stereocenters. The fourth-order valence-corrected chi connectivity index (χ4v) is 2.24. The number of aromatic nitrogens is 2. The Morgan fingerprint density at radius 1 is 1.32 bits per heavy atom. The van der Waals surface area contributed by atoms with E-state index in [-0.39, 0.29) is 12.3 Å². The molecule has 1 rings (SSSR count). The fourth-order valence-electron chi connectivity index (χ4n) is 2.24. The van der Waals surface area contributed by atoms with E-state index in [0.29, 0.717) is 12.5 Å². The van der Waals surface area contributed by atoms with Crippen LogP contribution in [0.2, 0.25) is 0 Å². The molecule has 0 aliphatic rings. The molecule has 0 aromatic carbocycles. The number of rotatable bonds is 9. The first kappa shape index (κ1) is 16.1. The van der Waals surface area contributed by atoms with Crippen molar-refractivity contribution in [3.8, 4) is 0 Å². The Hall–Kier alpha value is -0.950. The number of hydrogen-bond acceptors (Lipinski definition) is 5. The van der Waals surface area contributed by atoms with Crippen LogP contribution >= 0.6 is 0 Å². The lowest BCUT2D eigenvalue weighted by molar-refractivity contribution is -0.122. The summed E-state index contributed by atoms with van der Waals surface area (Å²) in [5, 5.41) is 4.60. The summed E-state index contributed by atoms with van der Waals surface area (Å²) in [5.41, 5.74) is 3.70. The van der Waals surface area contributed by atoms with E-state index in [1.807, 2.05) is 16.9 Å². The molecular weight excluding hydrogens is 244 g/mol. The second-order valence-corrected chi connectivity index (χ2v) is 4.57. The minimum atomic E-state index is -0.386. The molecule has 0 aliphatic carbocycles. The van der Waals surface area contributed by atoms with Gasteiger partial charge >= 0.3 is 0 Å². The Morgan fingerprint density at radius 3 is 2.42 bits per heavy atom.